The fourth-order valence-electron chi connectivity index (χ4n) is 4.80. The first kappa shape index (κ1) is 21.4. The van der Waals surface area contributed by atoms with Gasteiger partial charge in [0.1, 0.15) is 6.04 Å². The number of rotatable bonds is 5. The SMILES string of the molecule is COC(=O)[C@@H]1C[C@H](N2CCN(c3ccccc3)CC2)CN1C(=O)C(C)c1ccccc1. The highest BCUT2D eigenvalue weighted by Crippen LogP contribution is 2.29. The smallest absolute Gasteiger partial charge is 0.328 e. The summed E-state index contributed by atoms with van der Waals surface area (Å²) in [6.45, 7) is 6.21. The maximum Gasteiger partial charge on any atom is 0.328 e. The van der Waals surface area contributed by atoms with Gasteiger partial charge >= 0.3 is 5.97 Å². The maximum absolute atomic E-state index is 13.3. The van der Waals surface area contributed by atoms with Crippen molar-refractivity contribution in [1.82, 2.24) is 9.80 Å². The number of anilines is 1. The monoisotopic (exact) mass is 421 g/mol. The van der Waals surface area contributed by atoms with Crippen LogP contribution in [0.2, 0.25) is 0 Å². The number of nitrogens with zero attached hydrogens (tertiary/aromatic N) is 3. The molecule has 2 heterocycles. The van der Waals surface area contributed by atoms with Gasteiger partial charge in [0.25, 0.3) is 0 Å². The van der Waals surface area contributed by atoms with E-state index in [0.717, 1.165) is 31.7 Å². The van der Waals surface area contributed by atoms with E-state index in [9.17, 15) is 9.59 Å². The lowest BCUT2D eigenvalue weighted by Crippen LogP contribution is -2.51. The molecule has 2 saturated heterocycles. The summed E-state index contributed by atoms with van der Waals surface area (Å²) in [4.78, 5) is 32.4. The minimum Gasteiger partial charge on any atom is -0.467 e. The largest absolute Gasteiger partial charge is 0.467 e. The number of para-hydroxylation sites is 1. The van der Waals surface area contributed by atoms with Crippen LogP contribution in [-0.4, -0.2) is 73.6 Å². The van der Waals surface area contributed by atoms with Crippen molar-refractivity contribution in [3.8, 4) is 0 Å². The van der Waals surface area contributed by atoms with Gasteiger partial charge in [-0.15, -0.1) is 0 Å². The van der Waals surface area contributed by atoms with Crippen LogP contribution in [0.15, 0.2) is 60.7 Å². The van der Waals surface area contributed by atoms with E-state index < -0.39 is 6.04 Å². The van der Waals surface area contributed by atoms with E-state index in [-0.39, 0.29) is 23.8 Å². The lowest BCUT2D eigenvalue weighted by atomic mass is 9.99. The molecule has 164 valence electrons. The molecule has 2 fully saturated rings. The number of likely N-dealkylation sites (tertiary alicyclic amines) is 1. The molecule has 0 spiro atoms. The molecule has 0 aliphatic carbocycles. The van der Waals surface area contributed by atoms with Crippen LogP contribution in [0.1, 0.15) is 24.8 Å². The summed E-state index contributed by atoms with van der Waals surface area (Å²) in [7, 11) is 1.40. The summed E-state index contributed by atoms with van der Waals surface area (Å²) in [6.07, 6.45) is 0.630. The van der Waals surface area contributed by atoms with E-state index >= 15 is 0 Å². The highest BCUT2D eigenvalue weighted by Gasteiger charge is 2.44. The van der Waals surface area contributed by atoms with Crippen LogP contribution in [0.25, 0.3) is 0 Å². The second kappa shape index (κ2) is 9.52. The van der Waals surface area contributed by atoms with Gasteiger partial charge in [-0.2, -0.15) is 0 Å². The second-order valence-corrected chi connectivity index (χ2v) is 8.41. The van der Waals surface area contributed by atoms with E-state index in [1.165, 1.54) is 12.8 Å². The number of benzene rings is 2. The number of carbonyl (C=O) groups is 2. The van der Waals surface area contributed by atoms with Crippen LogP contribution in [0, 0.1) is 0 Å². The van der Waals surface area contributed by atoms with Crippen LogP contribution in [-0.2, 0) is 14.3 Å². The Morgan fingerprint density at radius 1 is 0.935 bits per heavy atom. The van der Waals surface area contributed by atoms with Crippen molar-refractivity contribution in [3.63, 3.8) is 0 Å². The number of amides is 1. The van der Waals surface area contributed by atoms with Crippen molar-refractivity contribution < 1.29 is 14.3 Å². The van der Waals surface area contributed by atoms with Crippen LogP contribution in [0.4, 0.5) is 5.69 Å². The lowest BCUT2D eigenvalue weighted by molar-refractivity contribution is -0.151. The lowest BCUT2D eigenvalue weighted by Gasteiger charge is -2.39. The Morgan fingerprint density at radius 3 is 2.16 bits per heavy atom. The summed E-state index contributed by atoms with van der Waals surface area (Å²) in [5.41, 5.74) is 2.21. The summed E-state index contributed by atoms with van der Waals surface area (Å²) in [5.74, 6) is -0.618. The van der Waals surface area contributed by atoms with Crippen molar-refractivity contribution in [2.24, 2.45) is 0 Å². The van der Waals surface area contributed by atoms with E-state index in [2.05, 4.69) is 34.1 Å². The average Bonchev–Trinajstić information content (AvgIpc) is 3.29. The van der Waals surface area contributed by atoms with E-state index in [4.69, 9.17) is 4.74 Å². The van der Waals surface area contributed by atoms with Crippen molar-refractivity contribution in [3.05, 3.63) is 66.2 Å². The topological polar surface area (TPSA) is 53.1 Å². The van der Waals surface area contributed by atoms with E-state index in [1.54, 1.807) is 4.90 Å². The molecule has 1 amide bonds. The molecule has 0 aromatic heterocycles. The van der Waals surface area contributed by atoms with E-state index in [1.807, 2.05) is 43.3 Å². The Bertz CT molecular complexity index is 881. The third-order valence-corrected chi connectivity index (χ3v) is 6.66. The van der Waals surface area contributed by atoms with Crippen molar-refractivity contribution in [2.45, 2.75) is 31.3 Å². The molecule has 4 rings (SSSR count). The molecule has 2 aliphatic heterocycles. The van der Waals surface area contributed by atoms with Gasteiger partial charge in [0.2, 0.25) is 5.91 Å². The zero-order valence-electron chi connectivity index (χ0n) is 18.3. The van der Waals surface area contributed by atoms with E-state index in [0.29, 0.717) is 13.0 Å². The fourth-order valence-corrected chi connectivity index (χ4v) is 4.80. The maximum atomic E-state index is 13.3. The third kappa shape index (κ3) is 4.59. The molecule has 0 N–H and O–H groups in total. The Balaban J connectivity index is 1.43. The van der Waals surface area contributed by atoms with Gasteiger partial charge in [-0.25, -0.2) is 4.79 Å². The predicted molar refractivity (Wildman–Crippen MR) is 121 cm³/mol. The number of hydrogen-bond donors (Lipinski definition) is 0. The molecule has 0 saturated carbocycles. The first-order valence-electron chi connectivity index (χ1n) is 11.1. The minimum atomic E-state index is -0.513. The Hall–Kier alpha value is -2.86. The first-order valence-corrected chi connectivity index (χ1v) is 11.1. The highest BCUT2D eigenvalue weighted by molar-refractivity contribution is 5.89. The Labute approximate surface area is 184 Å². The summed E-state index contributed by atoms with van der Waals surface area (Å²) < 4.78 is 5.05. The van der Waals surface area contributed by atoms with Crippen LogP contribution >= 0.6 is 0 Å². The molecule has 3 atom stereocenters. The summed E-state index contributed by atoms with van der Waals surface area (Å²) >= 11 is 0. The molecular formula is C25H31N3O3. The minimum absolute atomic E-state index is 0.00739. The van der Waals surface area contributed by atoms with Crippen molar-refractivity contribution in [1.29, 1.82) is 0 Å². The number of piperazine rings is 1. The van der Waals surface area contributed by atoms with Gasteiger partial charge in [-0.3, -0.25) is 9.69 Å². The number of carbonyl (C=O) groups excluding carboxylic acids is 2. The molecule has 0 radical (unpaired) electrons. The Kier molecular flexibility index (Phi) is 6.56. The van der Waals surface area contributed by atoms with Crippen LogP contribution in [0.5, 0.6) is 0 Å². The normalized spacial score (nSPS) is 22.9. The van der Waals surface area contributed by atoms with Gasteiger partial charge < -0.3 is 14.5 Å². The van der Waals surface area contributed by atoms with Crippen LogP contribution in [0.3, 0.4) is 0 Å². The standard InChI is InChI=1S/C25H31N3O3/c1-19(20-9-5-3-6-10-20)24(29)28-18-22(17-23(28)25(30)31-2)27-15-13-26(14-16-27)21-11-7-4-8-12-21/h3-12,19,22-23H,13-18H2,1-2H3/t19?,22-,23-/m0/s1. The average molecular weight is 422 g/mol. The molecule has 6 heteroatoms. The second-order valence-electron chi connectivity index (χ2n) is 8.41. The quantitative estimate of drug-likeness (QED) is 0.695. The molecule has 0 bridgehead atoms. The highest BCUT2D eigenvalue weighted by atomic mass is 16.5. The fraction of sp³-hybridized carbons (Fsp3) is 0.440. The summed E-state index contributed by atoms with van der Waals surface area (Å²) in [5, 5.41) is 0. The summed E-state index contributed by atoms with van der Waals surface area (Å²) in [6, 6.07) is 19.9. The number of hydrogen-bond acceptors (Lipinski definition) is 5. The molecule has 6 nitrogen and oxygen atoms in total. The van der Waals surface area contributed by atoms with Gasteiger partial charge in [-0.1, -0.05) is 48.5 Å². The van der Waals surface area contributed by atoms with Gasteiger partial charge in [0, 0.05) is 44.5 Å². The Morgan fingerprint density at radius 2 is 1.55 bits per heavy atom. The number of methoxy groups -OCH3 is 1. The molecule has 1 unspecified atom stereocenters. The molecule has 2 aromatic carbocycles. The van der Waals surface area contributed by atoms with Crippen molar-refractivity contribution >= 4 is 17.6 Å². The number of ether oxygens (including phenoxy) is 1. The molecule has 31 heavy (non-hydrogen) atoms. The molecule has 2 aliphatic rings. The third-order valence-electron chi connectivity index (χ3n) is 6.66. The number of esters is 1. The van der Waals surface area contributed by atoms with Gasteiger partial charge in [0.05, 0.1) is 13.0 Å². The van der Waals surface area contributed by atoms with Crippen molar-refractivity contribution in [2.75, 3.05) is 44.7 Å². The molecule has 2 aromatic rings. The van der Waals surface area contributed by atoms with Crippen LogP contribution < -0.4 is 4.90 Å². The zero-order chi connectivity index (χ0) is 21.8. The van der Waals surface area contributed by atoms with Gasteiger partial charge in [0.15, 0.2) is 0 Å². The first-order chi connectivity index (χ1) is 15.1. The predicted octanol–water partition coefficient (Wildman–Crippen LogP) is 2.75. The zero-order valence-corrected chi connectivity index (χ0v) is 18.3. The molecular weight excluding hydrogens is 390 g/mol. The van der Waals surface area contributed by atoms with Gasteiger partial charge in [-0.05, 0) is 31.0 Å².